The van der Waals surface area contributed by atoms with E-state index in [9.17, 15) is 8.42 Å². The molecule has 0 bridgehead atoms. The zero-order valence-corrected chi connectivity index (χ0v) is 21.4. The van der Waals surface area contributed by atoms with Crippen LogP contribution in [0.2, 0.25) is 5.04 Å². The topological polar surface area (TPSA) is 43.4 Å². The Morgan fingerprint density at radius 2 is 1.64 bits per heavy atom. The van der Waals surface area contributed by atoms with Crippen LogP contribution in [-0.4, -0.2) is 18.2 Å². The lowest BCUT2D eigenvalue weighted by molar-refractivity contribution is 0.113. The molecule has 0 aliphatic carbocycles. The molecule has 1 aromatic heterocycles. The first-order chi connectivity index (χ1) is 12.7. The van der Waals surface area contributed by atoms with Crippen molar-refractivity contribution in [2.75, 3.05) is 0 Å². The highest BCUT2D eigenvalue weighted by molar-refractivity contribution is 8.72. The molecule has 2 rings (SSSR count). The molecule has 154 valence electrons. The van der Waals surface area contributed by atoms with Crippen LogP contribution in [0.1, 0.15) is 69.7 Å². The van der Waals surface area contributed by atoms with Gasteiger partial charge >= 0.3 is 0 Å². The summed E-state index contributed by atoms with van der Waals surface area (Å²) in [5.74, 6) is 0.246. The Morgan fingerprint density at radius 1 is 1.07 bits per heavy atom. The fourth-order valence-corrected chi connectivity index (χ4v) is 7.71. The molecule has 0 atom stereocenters. The van der Waals surface area contributed by atoms with E-state index in [1.165, 1.54) is 0 Å². The molecule has 7 heteroatoms. The molecule has 1 aromatic carbocycles. The lowest BCUT2D eigenvalue weighted by Crippen LogP contribution is -2.26. The third-order valence-corrected chi connectivity index (χ3v) is 10.4. The summed E-state index contributed by atoms with van der Waals surface area (Å²) >= 11 is 1.66. The number of thiophene rings is 1. The Hall–Kier alpha value is -0.603. The zero-order chi connectivity index (χ0) is 21.3. The van der Waals surface area contributed by atoms with Crippen molar-refractivity contribution in [3.63, 3.8) is 0 Å². The summed E-state index contributed by atoms with van der Waals surface area (Å²) in [6, 6.07) is 9.03. The van der Waals surface area contributed by atoms with Crippen LogP contribution < -0.4 is 0 Å². The van der Waals surface area contributed by atoms with Crippen LogP contribution in [-0.2, 0) is 18.9 Å². The predicted molar refractivity (Wildman–Crippen MR) is 122 cm³/mol. The smallest absolute Gasteiger partial charge is 0.237 e. The molecular weight excluding hydrogens is 425 g/mol. The Balaban J connectivity index is 2.35. The molecule has 0 amide bonds. The molecule has 2 radical (unpaired) electrons. The average Bonchev–Trinajstić information content (AvgIpc) is 2.97. The Morgan fingerprint density at radius 3 is 2.14 bits per heavy atom. The molecule has 2 aromatic rings. The molecule has 28 heavy (non-hydrogen) atoms. The maximum Gasteiger partial charge on any atom is 0.237 e. The van der Waals surface area contributed by atoms with Gasteiger partial charge in [-0.2, -0.15) is 0 Å². The minimum absolute atomic E-state index is 0.0990. The normalized spacial score (nSPS) is 13.3. The van der Waals surface area contributed by atoms with E-state index >= 15 is 0 Å². The lowest BCUT2D eigenvalue weighted by Gasteiger charge is -2.28. The van der Waals surface area contributed by atoms with Crippen molar-refractivity contribution in [3.05, 3.63) is 45.6 Å². The summed E-state index contributed by atoms with van der Waals surface area (Å²) in [4.78, 5) is 3.31. The summed E-state index contributed by atoms with van der Waals surface area (Å²) < 4.78 is 32.1. The number of benzene rings is 1. The van der Waals surface area contributed by atoms with Gasteiger partial charge < -0.3 is 4.43 Å². The third-order valence-electron chi connectivity index (χ3n) is 3.96. The first-order valence-electron chi connectivity index (χ1n) is 9.32. The van der Waals surface area contributed by atoms with Gasteiger partial charge in [0.2, 0.25) is 18.6 Å². The van der Waals surface area contributed by atoms with Crippen LogP contribution >= 0.6 is 22.1 Å². The van der Waals surface area contributed by atoms with Gasteiger partial charge in [0.15, 0.2) is 0 Å². The van der Waals surface area contributed by atoms with E-state index in [-0.39, 0.29) is 11.0 Å². The minimum atomic E-state index is -3.47. The van der Waals surface area contributed by atoms with Crippen molar-refractivity contribution in [1.29, 1.82) is 0 Å². The standard InChI is InChI=1S/C21H30O3S3Si/c1-14(2)19-17(26-27(22,23)16-11-9-15(3)10-12-16)13-18(25-19)21(7,8)24-28-20(4,5)6/h9-14H,1-8H3. The Kier molecular flexibility index (Phi) is 7.30. The zero-order valence-electron chi connectivity index (χ0n) is 17.9. The number of rotatable bonds is 7. The maximum absolute atomic E-state index is 12.9. The second-order valence-corrected chi connectivity index (χ2v) is 15.6. The van der Waals surface area contributed by atoms with Crippen LogP contribution in [0.25, 0.3) is 0 Å². The van der Waals surface area contributed by atoms with E-state index in [0.29, 0.717) is 14.7 Å². The van der Waals surface area contributed by atoms with Gasteiger partial charge in [0, 0.05) is 25.4 Å². The van der Waals surface area contributed by atoms with E-state index < -0.39 is 14.5 Å². The van der Waals surface area contributed by atoms with Crippen molar-refractivity contribution in [3.8, 4) is 0 Å². The van der Waals surface area contributed by atoms with Crippen LogP contribution in [0.5, 0.6) is 0 Å². The predicted octanol–water partition coefficient (Wildman–Crippen LogP) is 6.75. The molecule has 0 aliphatic rings. The molecule has 1 heterocycles. The molecule has 0 saturated heterocycles. The summed E-state index contributed by atoms with van der Waals surface area (Å²) in [5.41, 5.74) is 0.593. The van der Waals surface area contributed by atoms with Gasteiger partial charge in [-0.15, -0.1) is 11.3 Å². The molecule has 0 N–H and O–H groups in total. The monoisotopic (exact) mass is 454 g/mol. The quantitative estimate of drug-likeness (QED) is 0.343. The minimum Gasteiger partial charge on any atom is -0.407 e. The van der Waals surface area contributed by atoms with Gasteiger partial charge in [-0.3, -0.25) is 0 Å². The maximum atomic E-state index is 12.9. The molecule has 3 nitrogen and oxygen atoms in total. The molecule has 0 fully saturated rings. The fourth-order valence-electron chi connectivity index (χ4n) is 2.35. The van der Waals surface area contributed by atoms with E-state index in [2.05, 4.69) is 48.5 Å². The van der Waals surface area contributed by atoms with Gasteiger partial charge in [-0.25, -0.2) is 8.42 Å². The number of hydrogen-bond donors (Lipinski definition) is 0. The van der Waals surface area contributed by atoms with E-state index in [4.69, 9.17) is 4.43 Å². The Labute approximate surface area is 180 Å². The van der Waals surface area contributed by atoms with Crippen LogP contribution in [0.15, 0.2) is 40.1 Å². The van der Waals surface area contributed by atoms with E-state index in [1.807, 2.05) is 25.1 Å². The van der Waals surface area contributed by atoms with Crippen LogP contribution in [0, 0.1) is 6.92 Å². The highest BCUT2D eigenvalue weighted by Crippen LogP contribution is 2.44. The first kappa shape index (κ1) is 23.7. The largest absolute Gasteiger partial charge is 0.407 e. The average molecular weight is 455 g/mol. The lowest BCUT2D eigenvalue weighted by atomic mass is 10.1. The molecule has 0 saturated carbocycles. The van der Waals surface area contributed by atoms with Crippen molar-refractivity contribution >= 4 is 40.8 Å². The van der Waals surface area contributed by atoms with Crippen LogP contribution in [0.3, 0.4) is 0 Å². The second-order valence-electron chi connectivity index (χ2n) is 8.81. The van der Waals surface area contributed by atoms with Crippen molar-refractivity contribution in [2.45, 2.75) is 81.7 Å². The third kappa shape index (κ3) is 6.20. The number of aryl methyl sites for hydroxylation is 1. The molecule has 0 aliphatic heterocycles. The van der Waals surface area contributed by atoms with Crippen molar-refractivity contribution < 1.29 is 12.8 Å². The summed E-state index contributed by atoms with van der Waals surface area (Å²) in [6.45, 7) is 16.7. The summed E-state index contributed by atoms with van der Waals surface area (Å²) in [6.07, 6.45) is 0. The van der Waals surface area contributed by atoms with E-state index in [0.717, 1.165) is 31.0 Å². The fraction of sp³-hybridized carbons (Fsp3) is 0.524. The first-order valence-corrected chi connectivity index (χ1v) is 13.9. The Bertz CT molecular complexity index is 905. The summed E-state index contributed by atoms with van der Waals surface area (Å²) in [7, 11) is -2.15. The second kappa shape index (κ2) is 8.64. The SMILES string of the molecule is Cc1ccc(S(=O)(=O)Sc2cc(C(C)(C)O[Si]C(C)(C)C)sc2C(C)C)cc1. The molecular formula is C21H30O3S3Si. The van der Waals surface area contributed by atoms with Crippen molar-refractivity contribution in [1.82, 2.24) is 0 Å². The van der Waals surface area contributed by atoms with Gasteiger partial charge in [0.05, 0.1) is 10.5 Å². The van der Waals surface area contributed by atoms with Crippen LogP contribution in [0.4, 0.5) is 0 Å². The van der Waals surface area contributed by atoms with E-state index in [1.54, 1.807) is 23.5 Å². The number of hydrogen-bond acceptors (Lipinski definition) is 5. The van der Waals surface area contributed by atoms with Gasteiger partial charge in [-0.1, -0.05) is 52.3 Å². The molecule has 0 unspecified atom stereocenters. The van der Waals surface area contributed by atoms with Gasteiger partial charge in [0.1, 0.15) is 0 Å². The summed E-state index contributed by atoms with van der Waals surface area (Å²) in [5, 5.41) is 0.0990. The van der Waals surface area contributed by atoms with Gasteiger partial charge in [-0.05, 0) is 49.9 Å². The molecule has 0 spiro atoms. The highest BCUT2D eigenvalue weighted by atomic mass is 33.1. The highest BCUT2D eigenvalue weighted by Gasteiger charge is 2.30. The van der Waals surface area contributed by atoms with Gasteiger partial charge in [0.25, 0.3) is 0 Å². The van der Waals surface area contributed by atoms with Crippen molar-refractivity contribution in [2.24, 2.45) is 0 Å².